The van der Waals surface area contributed by atoms with Crippen LogP contribution in [-0.4, -0.2) is 28.6 Å². The van der Waals surface area contributed by atoms with Crippen molar-refractivity contribution in [3.63, 3.8) is 0 Å². The predicted octanol–water partition coefficient (Wildman–Crippen LogP) is 0.952. The maximum absolute atomic E-state index is 11.6. The zero-order chi connectivity index (χ0) is 10.8. The molecule has 0 aliphatic heterocycles. The van der Waals surface area contributed by atoms with E-state index < -0.39 is 0 Å². The van der Waals surface area contributed by atoms with E-state index in [-0.39, 0.29) is 12.0 Å². The predicted molar refractivity (Wildman–Crippen MR) is 57.9 cm³/mol. The normalized spacial score (nSPS) is 17.5. The summed E-state index contributed by atoms with van der Waals surface area (Å²) in [6, 6.07) is 0. The van der Waals surface area contributed by atoms with Crippen molar-refractivity contribution in [3.8, 4) is 0 Å². The number of thiazole rings is 1. The Morgan fingerprint density at radius 1 is 1.80 bits per heavy atom. The quantitative estimate of drug-likeness (QED) is 0.803. The fourth-order valence-corrected chi connectivity index (χ4v) is 2.16. The highest BCUT2D eigenvalue weighted by atomic mass is 32.1. The Morgan fingerprint density at radius 2 is 2.53 bits per heavy atom. The van der Waals surface area contributed by atoms with Gasteiger partial charge >= 0.3 is 0 Å². The molecule has 1 saturated carbocycles. The van der Waals surface area contributed by atoms with Gasteiger partial charge in [-0.3, -0.25) is 4.79 Å². The first-order valence-corrected chi connectivity index (χ1v) is 5.93. The fourth-order valence-electron chi connectivity index (χ4n) is 1.45. The molecule has 5 heteroatoms. The summed E-state index contributed by atoms with van der Waals surface area (Å²) in [5, 5.41) is 12.3. The summed E-state index contributed by atoms with van der Waals surface area (Å²) in [5.41, 5.74) is 2.40. The maximum atomic E-state index is 11.6. The van der Waals surface area contributed by atoms with E-state index in [2.05, 4.69) is 10.3 Å². The number of rotatable bonds is 4. The molecule has 1 aliphatic carbocycles. The Balaban J connectivity index is 1.84. The average molecular weight is 226 g/mol. The SMILES string of the molecule is Cc1ncsc1C(=O)NCC(O)C1CC1. The monoisotopic (exact) mass is 226 g/mol. The molecule has 82 valence electrons. The number of aliphatic hydroxyl groups is 1. The number of amides is 1. The van der Waals surface area contributed by atoms with Gasteiger partial charge in [0.25, 0.3) is 5.91 Å². The first kappa shape index (κ1) is 10.6. The summed E-state index contributed by atoms with van der Waals surface area (Å²) >= 11 is 1.33. The zero-order valence-electron chi connectivity index (χ0n) is 8.56. The second-order valence-electron chi connectivity index (χ2n) is 3.88. The standard InChI is InChI=1S/C10H14N2O2S/c1-6-9(15-5-12-6)10(14)11-4-8(13)7-2-3-7/h5,7-8,13H,2-4H2,1H3,(H,11,14). The zero-order valence-corrected chi connectivity index (χ0v) is 9.38. The topological polar surface area (TPSA) is 62.2 Å². The van der Waals surface area contributed by atoms with Crippen LogP contribution in [0.1, 0.15) is 28.2 Å². The number of nitrogens with zero attached hydrogens (tertiary/aromatic N) is 1. The van der Waals surface area contributed by atoms with E-state index in [0.29, 0.717) is 17.3 Å². The molecule has 1 amide bonds. The summed E-state index contributed by atoms with van der Waals surface area (Å²) in [5.74, 6) is 0.266. The van der Waals surface area contributed by atoms with Crippen molar-refractivity contribution in [1.82, 2.24) is 10.3 Å². The lowest BCUT2D eigenvalue weighted by Crippen LogP contribution is -2.33. The lowest BCUT2D eigenvalue weighted by molar-refractivity contribution is 0.0904. The first-order chi connectivity index (χ1) is 7.18. The Hall–Kier alpha value is -0.940. The molecular weight excluding hydrogens is 212 g/mol. The summed E-state index contributed by atoms with van der Waals surface area (Å²) in [4.78, 5) is 16.3. The lowest BCUT2D eigenvalue weighted by Gasteiger charge is -2.09. The second kappa shape index (κ2) is 4.28. The van der Waals surface area contributed by atoms with Crippen LogP contribution in [0, 0.1) is 12.8 Å². The summed E-state index contributed by atoms with van der Waals surface area (Å²) in [7, 11) is 0. The molecule has 0 spiro atoms. The van der Waals surface area contributed by atoms with Crippen molar-refractivity contribution in [2.45, 2.75) is 25.9 Å². The number of carbonyl (C=O) groups is 1. The lowest BCUT2D eigenvalue weighted by atomic mass is 10.2. The fraction of sp³-hybridized carbons (Fsp3) is 0.600. The Bertz CT molecular complexity index is 360. The van der Waals surface area contributed by atoms with Gasteiger partial charge in [0.2, 0.25) is 0 Å². The molecule has 4 nitrogen and oxygen atoms in total. The molecule has 2 rings (SSSR count). The van der Waals surface area contributed by atoms with Crippen molar-refractivity contribution in [2.24, 2.45) is 5.92 Å². The van der Waals surface area contributed by atoms with Gasteiger partial charge in [-0.15, -0.1) is 11.3 Å². The van der Waals surface area contributed by atoms with E-state index in [1.165, 1.54) is 11.3 Å². The molecule has 0 radical (unpaired) electrons. The highest BCUT2D eigenvalue weighted by Gasteiger charge is 2.29. The molecule has 1 aromatic rings. The summed E-state index contributed by atoms with van der Waals surface area (Å²) in [6.45, 7) is 2.16. The number of nitrogens with one attached hydrogen (secondary N) is 1. The van der Waals surface area contributed by atoms with Gasteiger partial charge in [-0.1, -0.05) is 0 Å². The molecule has 1 fully saturated rings. The van der Waals surface area contributed by atoms with Crippen LogP contribution in [0.5, 0.6) is 0 Å². The molecule has 1 unspecified atom stereocenters. The van der Waals surface area contributed by atoms with E-state index >= 15 is 0 Å². The molecule has 1 aromatic heterocycles. The molecule has 0 aromatic carbocycles. The van der Waals surface area contributed by atoms with E-state index in [1.54, 1.807) is 5.51 Å². The minimum absolute atomic E-state index is 0.130. The van der Waals surface area contributed by atoms with Gasteiger partial charge in [-0.2, -0.15) is 0 Å². The first-order valence-electron chi connectivity index (χ1n) is 5.05. The number of hydrogen-bond donors (Lipinski definition) is 2. The third kappa shape index (κ3) is 2.54. The van der Waals surface area contributed by atoms with Crippen LogP contribution in [0.25, 0.3) is 0 Å². The molecule has 1 heterocycles. The number of aromatic nitrogens is 1. The molecule has 0 bridgehead atoms. The highest BCUT2D eigenvalue weighted by Crippen LogP contribution is 2.32. The van der Waals surface area contributed by atoms with Crippen molar-refractivity contribution in [3.05, 3.63) is 16.1 Å². The highest BCUT2D eigenvalue weighted by molar-refractivity contribution is 7.11. The number of aliphatic hydroxyl groups excluding tert-OH is 1. The number of carbonyl (C=O) groups excluding carboxylic acids is 1. The third-order valence-electron chi connectivity index (χ3n) is 2.59. The van der Waals surface area contributed by atoms with Crippen LogP contribution in [0.3, 0.4) is 0 Å². The Morgan fingerprint density at radius 3 is 3.07 bits per heavy atom. The molecule has 1 atom stereocenters. The van der Waals surface area contributed by atoms with E-state index in [0.717, 1.165) is 18.5 Å². The van der Waals surface area contributed by atoms with Crippen LogP contribution in [0.2, 0.25) is 0 Å². The molecule has 0 saturated heterocycles. The van der Waals surface area contributed by atoms with Crippen LogP contribution in [-0.2, 0) is 0 Å². The molecule has 15 heavy (non-hydrogen) atoms. The molecule has 2 N–H and O–H groups in total. The molecular formula is C10H14N2O2S. The van der Waals surface area contributed by atoms with Crippen molar-refractivity contribution >= 4 is 17.2 Å². The Kier molecular flexibility index (Phi) is 3.02. The van der Waals surface area contributed by atoms with Crippen LogP contribution in [0.4, 0.5) is 0 Å². The minimum atomic E-state index is -0.387. The van der Waals surface area contributed by atoms with E-state index in [4.69, 9.17) is 0 Å². The van der Waals surface area contributed by atoms with Crippen LogP contribution in [0.15, 0.2) is 5.51 Å². The number of hydrogen-bond acceptors (Lipinski definition) is 4. The third-order valence-corrected chi connectivity index (χ3v) is 3.52. The van der Waals surface area contributed by atoms with Crippen molar-refractivity contribution < 1.29 is 9.90 Å². The summed E-state index contributed by atoms with van der Waals surface area (Å²) < 4.78 is 0. The van der Waals surface area contributed by atoms with Crippen molar-refractivity contribution in [2.75, 3.05) is 6.54 Å². The van der Waals surface area contributed by atoms with Crippen LogP contribution >= 0.6 is 11.3 Å². The maximum Gasteiger partial charge on any atom is 0.263 e. The van der Waals surface area contributed by atoms with E-state index in [9.17, 15) is 9.90 Å². The van der Waals surface area contributed by atoms with Gasteiger partial charge < -0.3 is 10.4 Å². The van der Waals surface area contributed by atoms with Gasteiger partial charge in [-0.05, 0) is 25.7 Å². The van der Waals surface area contributed by atoms with Gasteiger partial charge in [0.15, 0.2) is 0 Å². The van der Waals surface area contributed by atoms with Gasteiger partial charge in [-0.25, -0.2) is 4.98 Å². The Labute approximate surface area is 92.3 Å². The molecule has 1 aliphatic rings. The van der Waals surface area contributed by atoms with Gasteiger partial charge in [0.1, 0.15) is 4.88 Å². The van der Waals surface area contributed by atoms with Crippen LogP contribution < -0.4 is 5.32 Å². The van der Waals surface area contributed by atoms with Gasteiger partial charge in [0.05, 0.1) is 17.3 Å². The van der Waals surface area contributed by atoms with Gasteiger partial charge in [0, 0.05) is 6.54 Å². The smallest absolute Gasteiger partial charge is 0.263 e. The summed E-state index contributed by atoms with van der Waals surface area (Å²) in [6.07, 6.45) is 1.77. The largest absolute Gasteiger partial charge is 0.391 e. The van der Waals surface area contributed by atoms with E-state index in [1.807, 2.05) is 6.92 Å². The number of aryl methyl sites for hydroxylation is 1. The minimum Gasteiger partial charge on any atom is -0.391 e. The average Bonchev–Trinajstić information content (AvgIpc) is 2.98. The second-order valence-corrected chi connectivity index (χ2v) is 4.74. The van der Waals surface area contributed by atoms with Crippen molar-refractivity contribution in [1.29, 1.82) is 0 Å².